The molecule has 0 radical (unpaired) electrons. The Hall–Kier alpha value is -2.66. The highest BCUT2D eigenvalue weighted by Crippen LogP contribution is 2.29. The first-order valence-corrected chi connectivity index (χ1v) is 9.52. The predicted octanol–water partition coefficient (Wildman–Crippen LogP) is 4.36. The molecule has 1 aliphatic heterocycles. The molecule has 5 heteroatoms. The Morgan fingerprint density at radius 2 is 1.89 bits per heavy atom. The smallest absolute Gasteiger partial charge is 0.168 e. The van der Waals surface area contributed by atoms with Crippen molar-refractivity contribution in [1.82, 2.24) is 20.1 Å². The van der Waals surface area contributed by atoms with Gasteiger partial charge in [-0.15, -0.1) is 5.10 Å². The van der Waals surface area contributed by atoms with Crippen molar-refractivity contribution >= 4 is 0 Å². The summed E-state index contributed by atoms with van der Waals surface area (Å²) >= 11 is 0. The van der Waals surface area contributed by atoms with Crippen molar-refractivity contribution in [3.8, 4) is 22.8 Å². The summed E-state index contributed by atoms with van der Waals surface area (Å²) in [6, 6.07) is 15.9. The lowest BCUT2D eigenvalue weighted by molar-refractivity contribution is 0.475. The Morgan fingerprint density at radius 1 is 1.11 bits per heavy atom. The van der Waals surface area contributed by atoms with Gasteiger partial charge in [-0.25, -0.2) is 9.67 Å². The average molecular weight is 362 g/mol. The number of phenols is 1. The molecule has 0 bridgehead atoms. The monoisotopic (exact) mass is 362 g/mol. The standard InChI is InChI=1S/C22H26N4O/c1-22(2,3)16-11-9-15(10-12-16)21-24-20(19-8-5-13-23-19)25-26(21)17-6-4-7-18(27)14-17/h4,6-7,9-12,14,19,23,27H,5,8,13H2,1-3H3. The van der Waals surface area contributed by atoms with Gasteiger partial charge < -0.3 is 10.4 Å². The largest absolute Gasteiger partial charge is 0.508 e. The van der Waals surface area contributed by atoms with Gasteiger partial charge in [0, 0.05) is 11.6 Å². The van der Waals surface area contributed by atoms with Gasteiger partial charge in [0.1, 0.15) is 5.75 Å². The molecule has 0 spiro atoms. The summed E-state index contributed by atoms with van der Waals surface area (Å²) in [5.41, 5.74) is 3.22. The maximum Gasteiger partial charge on any atom is 0.168 e. The van der Waals surface area contributed by atoms with Crippen molar-refractivity contribution in [2.24, 2.45) is 0 Å². The van der Waals surface area contributed by atoms with Crippen LogP contribution in [-0.4, -0.2) is 26.4 Å². The number of hydrogen-bond acceptors (Lipinski definition) is 4. The molecule has 4 rings (SSSR count). The van der Waals surface area contributed by atoms with E-state index >= 15 is 0 Å². The predicted molar refractivity (Wildman–Crippen MR) is 107 cm³/mol. The van der Waals surface area contributed by atoms with Crippen molar-refractivity contribution in [1.29, 1.82) is 0 Å². The van der Waals surface area contributed by atoms with Crippen LogP contribution in [0.5, 0.6) is 5.75 Å². The molecule has 1 unspecified atom stereocenters. The fourth-order valence-corrected chi connectivity index (χ4v) is 3.49. The molecule has 1 saturated heterocycles. The molecule has 0 amide bonds. The van der Waals surface area contributed by atoms with E-state index in [9.17, 15) is 5.11 Å². The maximum atomic E-state index is 9.91. The molecule has 2 N–H and O–H groups in total. The number of phenolic OH excluding ortho intramolecular Hbond substituents is 1. The summed E-state index contributed by atoms with van der Waals surface area (Å²) in [5, 5.41) is 18.2. The molecule has 0 aliphatic carbocycles. The van der Waals surface area contributed by atoms with Gasteiger partial charge in [0.25, 0.3) is 0 Å². The zero-order valence-corrected chi connectivity index (χ0v) is 16.1. The molecule has 1 fully saturated rings. The third kappa shape index (κ3) is 3.60. The van der Waals surface area contributed by atoms with Crippen LogP contribution in [0.4, 0.5) is 0 Å². The van der Waals surface area contributed by atoms with Gasteiger partial charge in [-0.1, -0.05) is 51.1 Å². The highest BCUT2D eigenvalue weighted by atomic mass is 16.3. The third-order valence-corrected chi connectivity index (χ3v) is 5.08. The lowest BCUT2D eigenvalue weighted by Crippen LogP contribution is -2.14. The molecule has 140 valence electrons. The van der Waals surface area contributed by atoms with Gasteiger partial charge in [0.2, 0.25) is 0 Å². The summed E-state index contributed by atoms with van der Waals surface area (Å²) in [6.07, 6.45) is 2.19. The number of rotatable bonds is 3. The molecule has 5 nitrogen and oxygen atoms in total. The van der Waals surface area contributed by atoms with Crippen molar-refractivity contribution in [2.75, 3.05) is 6.54 Å². The van der Waals surface area contributed by atoms with Crippen molar-refractivity contribution < 1.29 is 5.11 Å². The molecule has 1 aliphatic rings. The highest BCUT2D eigenvalue weighted by Gasteiger charge is 2.24. The molecular weight excluding hydrogens is 336 g/mol. The maximum absolute atomic E-state index is 9.91. The molecule has 2 heterocycles. The second-order valence-corrected chi connectivity index (χ2v) is 8.20. The van der Waals surface area contributed by atoms with E-state index in [1.807, 2.05) is 16.8 Å². The first-order chi connectivity index (χ1) is 12.9. The second kappa shape index (κ2) is 6.82. The molecule has 3 aromatic rings. The first kappa shape index (κ1) is 17.7. The van der Waals surface area contributed by atoms with E-state index in [2.05, 4.69) is 50.4 Å². The third-order valence-electron chi connectivity index (χ3n) is 5.08. The van der Waals surface area contributed by atoms with Crippen LogP contribution in [0.1, 0.15) is 51.0 Å². The Labute approximate surface area is 160 Å². The van der Waals surface area contributed by atoms with E-state index in [-0.39, 0.29) is 17.2 Å². The van der Waals surface area contributed by atoms with E-state index in [0.29, 0.717) is 0 Å². The summed E-state index contributed by atoms with van der Waals surface area (Å²) in [7, 11) is 0. The van der Waals surface area contributed by atoms with E-state index in [1.54, 1.807) is 12.1 Å². The molecule has 0 saturated carbocycles. The summed E-state index contributed by atoms with van der Waals surface area (Å²) < 4.78 is 1.83. The van der Waals surface area contributed by atoms with Crippen molar-refractivity contribution in [3.05, 3.63) is 59.9 Å². The normalized spacial score (nSPS) is 17.4. The van der Waals surface area contributed by atoms with Gasteiger partial charge in [0.15, 0.2) is 11.6 Å². The van der Waals surface area contributed by atoms with Crippen LogP contribution in [0.2, 0.25) is 0 Å². The van der Waals surface area contributed by atoms with Gasteiger partial charge in [-0.2, -0.15) is 0 Å². The van der Waals surface area contributed by atoms with E-state index in [4.69, 9.17) is 10.1 Å². The summed E-state index contributed by atoms with van der Waals surface area (Å²) in [4.78, 5) is 4.87. The molecule has 27 heavy (non-hydrogen) atoms. The topological polar surface area (TPSA) is 63.0 Å². The van der Waals surface area contributed by atoms with Gasteiger partial charge >= 0.3 is 0 Å². The van der Waals surface area contributed by atoms with Gasteiger partial charge in [-0.05, 0) is 42.5 Å². The van der Waals surface area contributed by atoms with Crippen LogP contribution in [-0.2, 0) is 5.41 Å². The quantitative estimate of drug-likeness (QED) is 0.727. The van der Waals surface area contributed by atoms with Crippen LogP contribution in [0.15, 0.2) is 48.5 Å². The average Bonchev–Trinajstić information content (AvgIpc) is 3.31. The zero-order chi connectivity index (χ0) is 19.0. The molecule has 1 aromatic heterocycles. The summed E-state index contributed by atoms with van der Waals surface area (Å²) in [6.45, 7) is 7.63. The number of hydrogen-bond donors (Lipinski definition) is 2. The van der Waals surface area contributed by atoms with Crippen LogP contribution in [0, 0.1) is 0 Å². The Balaban J connectivity index is 1.80. The highest BCUT2D eigenvalue weighted by molar-refractivity contribution is 5.59. The fraction of sp³-hybridized carbons (Fsp3) is 0.364. The lowest BCUT2D eigenvalue weighted by atomic mass is 9.87. The molecule has 2 aromatic carbocycles. The van der Waals surface area contributed by atoms with Crippen LogP contribution in [0.3, 0.4) is 0 Å². The minimum Gasteiger partial charge on any atom is -0.508 e. The van der Waals surface area contributed by atoms with Crippen molar-refractivity contribution in [2.45, 2.75) is 45.1 Å². The Bertz CT molecular complexity index is 932. The first-order valence-electron chi connectivity index (χ1n) is 9.52. The number of aromatic hydroxyl groups is 1. The number of aromatic nitrogens is 3. The molecular formula is C22H26N4O. The van der Waals surface area contributed by atoms with Crippen LogP contribution >= 0.6 is 0 Å². The van der Waals surface area contributed by atoms with Crippen molar-refractivity contribution in [3.63, 3.8) is 0 Å². The Kier molecular flexibility index (Phi) is 4.48. The minimum atomic E-state index is 0.107. The Morgan fingerprint density at radius 3 is 2.52 bits per heavy atom. The fourth-order valence-electron chi connectivity index (χ4n) is 3.49. The van der Waals surface area contributed by atoms with Gasteiger partial charge in [-0.3, -0.25) is 0 Å². The minimum absolute atomic E-state index is 0.107. The van der Waals surface area contributed by atoms with E-state index in [0.717, 1.165) is 42.3 Å². The van der Waals surface area contributed by atoms with Gasteiger partial charge in [0.05, 0.1) is 11.7 Å². The van der Waals surface area contributed by atoms with E-state index < -0.39 is 0 Å². The number of nitrogens with one attached hydrogen (secondary N) is 1. The number of nitrogens with zero attached hydrogens (tertiary/aromatic N) is 3. The van der Waals surface area contributed by atoms with Crippen LogP contribution < -0.4 is 5.32 Å². The molecule has 1 atom stereocenters. The SMILES string of the molecule is CC(C)(C)c1ccc(-c2nc(C3CCCN3)nn2-c2cccc(O)c2)cc1. The van der Waals surface area contributed by atoms with Crippen LogP contribution in [0.25, 0.3) is 17.1 Å². The second-order valence-electron chi connectivity index (χ2n) is 8.20. The number of benzene rings is 2. The summed E-state index contributed by atoms with van der Waals surface area (Å²) in [5.74, 6) is 1.83. The lowest BCUT2D eigenvalue weighted by Gasteiger charge is -2.19. The van der Waals surface area contributed by atoms with E-state index in [1.165, 1.54) is 5.56 Å². The zero-order valence-electron chi connectivity index (χ0n) is 16.1.